The van der Waals surface area contributed by atoms with E-state index in [0.29, 0.717) is 17.9 Å². The van der Waals surface area contributed by atoms with Gasteiger partial charge >= 0.3 is 0 Å². The Morgan fingerprint density at radius 3 is 2.60 bits per heavy atom. The standard InChI is InChI=1S/C21H17NO3/c23-19-10-7-17(8-11-19)20(24)12-9-18-5-1-2-6-21(18)25-15-16-4-3-13-22-14-16/h1-14,23H,15H2. The summed E-state index contributed by atoms with van der Waals surface area (Å²) < 4.78 is 5.84. The highest BCUT2D eigenvalue weighted by Crippen LogP contribution is 2.21. The van der Waals surface area contributed by atoms with Gasteiger partial charge in [-0.05, 0) is 48.6 Å². The van der Waals surface area contributed by atoms with Crippen LogP contribution in [0.25, 0.3) is 6.08 Å². The zero-order valence-corrected chi connectivity index (χ0v) is 13.5. The molecule has 25 heavy (non-hydrogen) atoms. The summed E-state index contributed by atoms with van der Waals surface area (Å²) in [5.74, 6) is 0.692. The molecule has 0 aliphatic heterocycles. The molecule has 0 amide bonds. The number of hydrogen-bond donors (Lipinski definition) is 1. The van der Waals surface area contributed by atoms with Gasteiger partial charge in [0.15, 0.2) is 5.78 Å². The van der Waals surface area contributed by atoms with Crippen LogP contribution in [-0.4, -0.2) is 15.9 Å². The molecule has 3 rings (SSSR count). The lowest BCUT2D eigenvalue weighted by molar-refractivity contribution is 0.104. The Bertz CT molecular complexity index is 871. The van der Waals surface area contributed by atoms with Gasteiger partial charge in [0, 0.05) is 29.1 Å². The van der Waals surface area contributed by atoms with Gasteiger partial charge in [0.2, 0.25) is 0 Å². The van der Waals surface area contributed by atoms with Gasteiger partial charge in [0.25, 0.3) is 0 Å². The Morgan fingerprint density at radius 1 is 1.04 bits per heavy atom. The van der Waals surface area contributed by atoms with E-state index in [2.05, 4.69) is 4.98 Å². The second kappa shape index (κ2) is 7.93. The van der Waals surface area contributed by atoms with E-state index in [1.54, 1.807) is 30.6 Å². The quantitative estimate of drug-likeness (QED) is 0.541. The number of allylic oxidation sites excluding steroid dienone is 1. The number of carbonyl (C=O) groups excluding carboxylic acids is 1. The molecule has 0 fully saturated rings. The fraction of sp³-hybridized carbons (Fsp3) is 0.0476. The van der Waals surface area contributed by atoms with Crippen molar-refractivity contribution >= 4 is 11.9 Å². The van der Waals surface area contributed by atoms with Crippen molar-refractivity contribution in [2.75, 3.05) is 0 Å². The van der Waals surface area contributed by atoms with Gasteiger partial charge in [-0.15, -0.1) is 0 Å². The lowest BCUT2D eigenvalue weighted by Crippen LogP contribution is -1.97. The zero-order chi connectivity index (χ0) is 17.5. The minimum Gasteiger partial charge on any atom is -0.508 e. The number of aromatic nitrogens is 1. The summed E-state index contributed by atoms with van der Waals surface area (Å²) in [4.78, 5) is 16.3. The van der Waals surface area contributed by atoms with Gasteiger partial charge in [-0.2, -0.15) is 0 Å². The third kappa shape index (κ3) is 4.54. The number of ether oxygens (including phenoxy) is 1. The van der Waals surface area contributed by atoms with Crippen molar-refractivity contribution in [3.05, 3.63) is 95.8 Å². The van der Waals surface area contributed by atoms with Crippen LogP contribution in [0.15, 0.2) is 79.1 Å². The van der Waals surface area contributed by atoms with E-state index in [1.165, 1.54) is 18.2 Å². The van der Waals surface area contributed by atoms with Crippen LogP contribution >= 0.6 is 0 Å². The minimum atomic E-state index is -0.137. The molecular formula is C21H17NO3. The van der Waals surface area contributed by atoms with Gasteiger partial charge in [0.1, 0.15) is 18.1 Å². The molecule has 124 valence electrons. The molecule has 4 nitrogen and oxygen atoms in total. The second-order valence-electron chi connectivity index (χ2n) is 5.43. The molecule has 0 atom stereocenters. The van der Waals surface area contributed by atoms with Crippen molar-refractivity contribution < 1.29 is 14.6 Å². The molecule has 0 saturated heterocycles. The summed E-state index contributed by atoms with van der Waals surface area (Å²) in [7, 11) is 0. The minimum absolute atomic E-state index is 0.134. The molecule has 1 heterocycles. The highest BCUT2D eigenvalue weighted by Gasteiger charge is 2.04. The Balaban J connectivity index is 1.72. The Hall–Kier alpha value is -3.40. The first-order valence-corrected chi connectivity index (χ1v) is 7.84. The summed E-state index contributed by atoms with van der Waals surface area (Å²) in [5.41, 5.74) is 2.31. The number of nitrogens with zero attached hydrogens (tertiary/aromatic N) is 1. The zero-order valence-electron chi connectivity index (χ0n) is 13.5. The maximum Gasteiger partial charge on any atom is 0.185 e. The Labute approximate surface area is 146 Å². The molecule has 1 aromatic heterocycles. The van der Waals surface area contributed by atoms with E-state index in [-0.39, 0.29) is 11.5 Å². The number of rotatable bonds is 6. The van der Waals surface area contributed by atoms with Gasteiger partial charge in [-0.3, -0.25) is 9.78 Å². The van der Waals surface area contributed by atoms with Crippen LogP contribution in [0.5, 0.6) is 11.5 Å². The van der Waals surface area contributed by atoms with E-state index < -0.39 is 0 Å². The van der Waals surface area contributed by atoms with Crippen LogP contribution in [0.1, 0.15) is 21.5 Å². The molecule has 0 spiro atoms. The number of hydrogen-bond acceptors (Lipinski definition) is 4. The van der Waals surface area contributed by atoms with Gasteiger partial charge in [-0.1, -0.05) is 24.3 Å². The number of carbonyl (C=O) groups is 1. The van der Waals surface area contributed by atoms with Crippen molar-refractivity contribution in [2.24, 2.45) is 0 Å². The van der Waals surface area contributed by atoms with Crippen LogP contribution in [-0.2, 0) is 6.61 Å². The molecule has 0 radical (unpaired) electrons. The number of ketones is 1. The van der Waals surface area contributed by atoms with E-state index in [9.17, 15) is 9.90 Å². The average Bonchev–Trinajstić information content (AvgIpc) is 2.66. The number of benzene rings is 2. The van der Waals surface area contributed by atoms with Crippen molar-refractivity contribution in [3.63, 3.8) is 0 Å². The molecule has 0 aliphatic rings. The van der Waals surface area contributed by atoms with E-state index in [0.717, 1.165) is 11.1 Å². The van der Waals surface area contributed by atoms with Gasteiger partial charge < -0.3 is 9.84 Å². The molecule has 2 aromatic carbocycles. The van der Waals surface area contributed by atoms with Crippen LogP contribution in [0, 0.1) is 0 Å². The van der Waals surface area contributed by atoms with Crippen LogP contribution in [0.4, 0.5) is 0 Å². The average molecular weight is 331 g/mol. The monoisotopic (exact) mass is 331 g/mol. The first kappa shape index (κ1) is 16.5. The van der Waals surface area contributed by atoms with E-state index in [4.69, 9.17) is 4.74 Å². The SMILES string of the molecule is O=C(C=Cc1ccccc1OCc1cccnc1)c1ccc(O)cc1. The normalized spacial score (nSPS) is 10.7. The number of phenolic OH excluding ortho intramolecular Hbond substituents is 1. The highest BCUT2D eigenvalue weighted by molar-refractivity contribution is 6.07. The lowest BCUT2D eigenvalue weighted by Gasteiger charge is -2.09. The highest BCUT2D eigenvalue weighted by atomic mass is 16.5. The molecule has 4 heteroatoms. The summed E-state index contributed by atoms with van der Waals surface area (Å²) in [6, 6.07) is 17.5. The first-order chi connectivity index (χ1) is 12.2. The number of para-hydroxylation sites is 1. The molecule has 0 bridgehead atoms. The molecule has 3 aromatic rings. The first-order valence-electron chi connectivity index (χ1n) is 7.84. The van der Waals surface area contributed by atoms with Crippen molar-refractivity contribution in [3.8, 4) is 11.5 Å². The van der Waals surface area contributed by atoms with Crippen LogP contribution in [0.2, 0.25) is 0 Å². The van der Waals surface area contributed by atoms with Crippen molar-refractivity contribution in [1.29, 1.82) is 0 Å². The number of phenols is 1. The molecule has 1 N–H and O–H groups in total. The third-order valence-corrected chi connectivity index (χ3v) is 3.60. The van der Waals surface area contributed by atoms with Crippen LogP contribution < -0.4 is 4.74 Å². The maximum absolute atomic E-state index is 12.2. The van der Waals surface area contributed by atoms with Crippen molar-refractivity contribution in [1.82, 2.24) is 4.98 Å². The fourth-order valence-corrected chi connectivity index (χ4v) is 2.28. The maximum atomic E-state index is 12.2. The van der Waals surface area contributed by atoms with Crippen molar-refractivity contribution in [2.45, 2.75) is 6.61 Å². The summed E-state index contributed by atoms with van der Waals surface area (Å²) in [5, 5.41) is 9.29. The smallest absolute Gasteiger partial charge is 0.185 e. The molecule has 0 aliphatic carbocycles. The van der Waals surface area contributed by atoms with Gasteiger partial charge in [0.05, 0.1) is 0 Å². The number of pyridine rings is 1. The summed E-state index contributed by atoms with van der Waals surface area (Å²) in [6.07, 6.45) is 6.70. The fourth-order valence-electron chi connectivity index (χ4n) is 2.28. The Kier molecular flexibility index (Phi) is 5.22. The summed E-state index contributed by atoms with van der Waals surface area (Å²) in [6.45, 7) is 0.407. The third-order valence-electron chi connectivity index (χ3n) is 3.60. The largest absolute Gasteiger partial charge is 0.508 e. The number of aromatic hydroxyl groups is 1. The van der Waals surface area contributed by atoms with Gasteiger partial charge in [-0.25, -0.2) is 0 Å². The summed E-state index contributed by atoms with van der Waals surface area (Å²) >= 11 is 0. The molecular weight excluding hydrogens is 314 g/mol. The molecule has 0 saturated carbocycles. The lowest BCUT2D eigenvalue weighted by atomic mass is 10.1. The van der Waals surface area contributed by atoms with E-state index >= 15 is 0 Å². The topological polar surface area (TPSA) is 59.4 Å². The van der Waals surface area contributed by atoms with E-state index in [1.807, 2.05) is 36.4 Å². The predicted octanol–water partition coefficient (Wildman–Crippen LogP) is 4.26. The molecule has 0 unspecified atom stereocenters. The van der Waals surface area contributed by atoms with Crippen LogP contribution in [0.3, 0.4) is 0 Å². The predicted molar refractivity (Wildman–Crippen MR) is 96.5 cm³/mol. The Morgan fingerprint density at radius 2 is 1.84 bits per heavy atom. The second-order valence-corrected chi connectivity index (χ2v) is 5.43.